The Labute approximate surface area is 112 Å². The molecule has 1 unspecified atom stereocenters. The van der Waals surface area contributed by atoms with E-state index in [9.17, 15) is 0 Å². The summed E-state index contributed by atoms with van der Waals surface area (Å²) in [5, 5.41) is 3.90. The number of aromatic nitrogens is 2. The average molecular weight is 268 g/mol. The lowest BCUT2D eigenvalue weighted by Gasteiger charge is -2.18. The molecule has 0 aromatic carbocycles. The van der Waals surface area contributed by atoms with E-state index in [1.165, 1.54) is 6.42 Å². The van der Waals surface area contributed by atoms with E-state index in [1.807, 2.05) is 19.4 Å². The second kappa shape index (κ2) is 6.24. The summed E-state index contributed by atoms with van der Waals surface area (Å²) in [6, 6.07) is 2.01. The molecule has 0 aliphatic carbocycles. The van der Waals surface area contributed by atoms with E-state index < -0.39 is 0 Å². The number of hydrogen-bond donors (Lipinski definition) is 1. The predicted molar refractivity (Wildman–Crippen MR) is 75.6 cm³/mol. The molecule has 1 aromatic rings. The smallest absolute Gasteiger partial charge is 0.191 e. The van der Waals surface area contributed by atoms with Crippen molar-refractivity contribution in [3.8, 4) is 0 Å². The lowest BCUT2D eigenvalue weighted by molar-refractivity contribution is 0.161. The van der Waals surface area contributed by atoms with Gasteiger partial charge in [0.15, 0.2) is 5.16 Å². The second-order valence-corrected chi connectivity index (χ2v) is 5.18. The van der Waals surface area contributed by atoms with E-state index in [0.29, 0.717) is 5.92 Å². The summed E-state index contributed by atoms with van der Waals surface area (Å²) in [5.41, 5.74) is 0. The van der Waals surface area contributed by atoms with Crippen LogP contribution in [0, 0.1) is 5.92 Å². The Morgan fingerprint density at radius 3 is 3.06 bits per heavy atom. The molecular formula is C12H20N4OS. The van der Waals surface area contributed by atoms with E-state index in [2.05, 4.69) is 20.2 Å². The van der Waals surface area contributed by atoms with Crippen LogP contribution in [0.3, 0.4) is 0 Å². The van der Waals surface area contributed by atoms with E-state index in [-0.39, 0.29) is 0 Å². The molecule has 6 heteroatoms. The van der Waals surface area contributed by atoms with Crippen molar-refractivity contribution in [1.29, 1.82) is 0 Å². The fourth-order valence-electron chi connectivity index (χ4n) is 2.21. The molecule has 1 aliphatic rings. The predicted octanol–water partition coefficient (Wildman–Crippen LogP) is 1.71. The maximum atomic E-state index is 5.22. The highest BCUT2D eigenvalue weighted by molar-refractivity contribution is 7.98. The monoisotopic (exact) mass is 268 g/mol. The summed E-state index contributed by atoms with van der Waals surface area (Å²) in [7, 11) is 3.65. The zero-order chi connectivity index (χ0) is 13.0. The Morgan fingerprint density at radius 2 is 2.39 bits per heavy atom. The molecule has 1 aliphatic heterocycles. The molecule has 5 nitrogen and oxygen atoms in total. The lowest BCUT2D eigenvalue weighted by Crippen LogP contribution is -2.22. The lowest BCUT2D eigenvalue weighted by atomic mass is 10.1. The Bertz CT molecular complexity index is 379. The third kappa shape index (κ3) is 3.05. The summed E-state index contributed by atoms with van der Waals surface area (Å²) < 4.78 is 5.22. The number of nitrogens with one attached hydrogen (secondary N) is 1. The Balaban J connectivity index is 2.13. The summed E-state index contributed by atoms with van der Waals surface area (Å²) in [6.07, 6.45) is 3.16. The van der Waals surface area contributed by atoms with Crippen LogP contribution in [0.5, 0.6) is 0 Å². The topological polar surface area (TPSA) is 50.3 Å². The third-order valence-corrected chi connectivity index (χ3v) is 3.69. The normalized spacial score (nSPS) is 19.3. The highest BCUT2D eigenvalue weighted by Gasteiger charge is 2.24. The Kier molecular flexibility index (Phi) is 4.66. The molecule has 1 fully saturated rings. The molecule has 0 amide bonds. The van der Waals surface area contributed by atoms with Crippen molar-refractivity contribution in [3.05, 3.63) is 6.07 Å². The quantitative estimate of drug-likeness (QED) is 0.648. The van der Waals surface area contributed by atoms with Gasteiger partial charge in [-0.15, -0.1) is 0 Å². The molecule has 1 N–H and O–H groups in total. The molecule has 1 saturated heterocycles. The van der Waals surface area contributed by atoms with Crippen LogP contribution in [0.2, 0.25) is 0 Å². The van der Waals surface area contributed by atoms with E-state index >= 15 is 0 Å². The van der Waals surface area contributed by atoms with Crippen molar-refractivity contribution >= 4 is 23.4 Å². The largest absolute Gasteiger partial charge is 0.384 e. The van der Waals surface area contributed by atoms with E-state index in [0.717, 1.165) is 36.5 Å². The van der Waals surface area contributed by atoms with Gasteiger partial charge in [-0.25, -0.2) is 9.97 Å². The summed E-state index contributed by atoms with van der Waals surface area (Å²) in [4.78, 5) is 11.3. The Morgan fingerprint density at radius 1 is 1.56 bits per heavy atom. The van der Waals surface area contributed by atoms with Gasteiger partial charge < -0.3 is 15.0 Å². The van der Waals surface area contributed by atoms with Gasteiger partial charge in [0.2, 0.25) is 0 Å². The molecule has 100 valence electrons. The van der Waals surface area contributed by atoms with Gasteiger partial charge >= 0.3 is 0 Å². The number of anilines is 2. The zero-order valence-corrected chi connectivity index (χ0v) is 12.0. The van der Waals surface area contributed by atoms with E-state index in [4.69, 9.17) is 4.74 Å². The average Bonchev–Trinajstić information content (AvgIpc) is 2.87. The number of methoxy groups -OCH3 is 1. The van der Waals surface area contributed by atoms with Crippen LogP contribution >= 0.6 is 11.8 Å². The molecule has 1 atom stereocenters. The van der Waals surface area contributed by atoms with Crippen molar-refractivity contribution in [1.82, 2.24) is 9.97 Å². The molecule has 1 aromatic heterocycles. The first-order chi connectivity index (χ1) is 8.76. The molecular weight excluding hydrogens is 248 g/mol. The Hall–Kier alpha value is -1.01. The first-order valence-corrected chi connectivity index (χ1v) is 7.34. The van der Waals surface area contributed by atoms with Gasteiger partial charge in [-0.1, -0.05) is 11.8 Å². The second-order valence-electron chi connectivity index (χ2n) is 4.40. The number of ether oxygens (including phenoxy) is 1. The number of nitrogens with zero attached hydrogens (tertiary/aromatic N) is 3. The minimum atomic E-state index is 0.612. The maximum absolute atomic E-state index is 5.22. The fraction of sp³-hybridized carbons (Fsp3) is 0.667. The van der Waals surface area contributed by atoms with Crippen LogP contribution in [0.4, 0.5) is 11.6 Å². The van der Waals surface area contributed by atoms with Gasteiger partial charge in [0.05, 0.1) is 6.61 Å². The highest BCUT2D eigenvalue weighted by Crippen LogP contribution is 2.25. The van der Waals surface area contributed by atoms with Gasteiger partial charge in [-0.2, -0.15) is 0 Å². The van der Waals surface area contributed by atoms with Crippen LogP contribution in [0.1, 0.15) is 6.42 Å². The molecule has 0 saturated carbocycles. The summed E-state index contributed by atoms with van der Waals surface area (Å²) >= 11 is 1.57. The molecule has 2 rings (SSSR count). The van der Waals surface area contributed by atoms with Crippen molar-refractivity contribution in [2.75, 3.05) is 50.3 Å². The van der Waals surface area contributed by atoms with Gasteiger partial charge in [-0.3, -0.25) is 0 Å². The minimum absolute atomic E-state index is 0.612. The minimum Gasteiger partial charge on any atom is -0.384 e. The number of rotatable bonds is 5. The first kappa shape index (κ1) is 13.4. The van der Waals surface area contributed by atoms with Gasteiger partial charge in [0, 0.05) is 39.2 Å². The molecule has 2 heterocycles. The summed E-state index contributed by atoms with van der Waals surface area (Å²) in [6.45, 7) is 2.89. The number of hydrogen-bond acceptors (Lipinski definition) is 6. The van der Waals surface area contributed by atoms with Crippen LogP contribution in [-0.2, 0) is 4.74 Å². The van der Waals surface area contributed by atoms with Gasteiger partial charge in [0.25, 0.3) is 0 Å². The molecule has 0 bridgehead atoms. The van der Waals surface area contributed by atoms with Gasteiger partial charge in [0.1, 0.15) is 11.6 Å². The SMILES string of the molecule is CNc1cc(N2CCC(COC)C2)nc(SC)n1. The van der Waals surface area contributed by atoms with Crippen LogP contribution in [0.15, 0.2) is 11.2 Å². The van der Waals surface area contributed by atoms with Crippen molar-refractivity contribution in [2.24, 2.45) is 5.92 Å². The van der Waals surface area contributed by atoms with Crippen molar-refractivity contribution in [2.45, 2.75) is 11.6 Å². The van der Waals surface area contributed by atoms with E-state index in [1.54, 1.807) is 18.9 Å². The zero-order valence-electron chi connectivity index (χ0n) is 11.1. The van der Waals surface area contributed by atoms with Crippen LogP contribution in [-0.4, -0.2) is 50.1 Å². The maximum Gasteiger partial charge on any atom is 0.191 e. The number of thioether (sulfide) groups is 1. The molecule has 18 heavy (non-hydrogen) atoms. The molecule has 0 spiro atoms. The first-order valence-electron chi connectivity index (χ1n) is 6.11. The van der Waals surface area contributed by atoms with Crippen molar-refractivity contribution < 1.29 is 4.74 Å². The van der Waals surface area contributed by atoms with Crippen LogP contribution < -0.4 is 10.2 Å². The summed E-state index contributed by atoms with van der Waals surface area (Å²) in [5.74, 6) is 2.50. The third-order valence-electron chi connectivity index (χ3n) is 3.14. The van der Waals surface area contributed by atoms with Gasteiger partial charge in [-0.05, 0) is 12.7 Å². The standard InChI is InChI=1S/C12H20N4OS/c1-13-10-6-11(15-12(14-10)18-3)16-5-4-9(7-16)8-17-2/h6,9H,4-5,7-8H2,1-3H3,(H,13,14,15). The highest BCUT2D eigenvalue weighted by atomic mass is 32.2. The van der Waals surface area contributed by atoms with Crippen molar-refractivity contribution in [3.63, 3.8) is 0 Å². The fourth-order valence-corrected chi connectivity index (χ4v) is 2.58. The molecule has 0 radical (unpaired) electrons. The van der Waals surface area contributed by atoms with Crippen LogP contribution in [0.25, 0.3) is 0 Å².